The molecule has 0 bridgehead atoms. The summed E-state index contributed by atoms with van der Waals surface area (Å²) in [5.74, 6) is 0. The maximum absolute atomic E-state index is 8.07. The van der Waals surface area contributed by atoms with Crippen LogP contribution in [0.5, 0.6) is 0 Å². The molecule has 15 rings (SSSR count). The lowest BCUT2D eigenvalue weighted by Gasteiger charge is -2.11. The van der Waals surface area contributed by atoms with Crippen molar-refractivity contribution in [2.75, 3.05) is 0 Å². The average molecular weight is 1110 g/mol. The largest absolute Gasteiger partial charge is 0.437 e. The molecule has 0 fully saturated rings. The van der Waals surface area contributed by atoms with Crippen LogP contribution in [0, 0.1) is 48.4 Å². The smallest absolute Gasteiger partial charge is 0.227 e. The molecule has 9 aromatic heterocycles. The molecule has 15 aromatic rings. The number of rotatable bonds is 6. The van der Waals surface area contributed by atoms with Crippen LogP contribution in [0.25, 0.3) is 133 Å². The quantitative estimate of drug-likeness (QED) is 0.154. The van der Waals surface area contributed by atoms with Crippen LogP contribution in [-0.4, -0.2) is 15.0 Å². The van der Waals surface area contributed by atoms with Crippen LogP contribution in [-0.2, 0) is 21.1 Å². The minimum Gasteiger partial charge on any atom is -0.437 e. The molecule has 0 aliphatic heterocycles. The first kappa shape index (κ1) is 50.4. The lowest BCUT2D eigenvalue weighted by Crippen LogP contribution is -2.31. The second kappa shape index (κ2) is 22.1. The second-order valence-electron chi connectivity index (χ2n) is 22.2. The van der Waals surface area contributed by atoms with Gasteiger partial charge in [0.1, 0.15) is 21.1 Å². The number of furan rings is 3. The number of aromatic nitrogens is 6. The van der Waals surface area contributed by atoms with Gasteiger partial charge in [0.05, 0.1) is 16.7 Å². The van der Waals surface area contributed by atoms with Crippen molar-refractivity contribution in [2.45, 2.75) is 48.4 Å². The molecule has 0 saturated carbocycles. The molecule has 6 aromatic carbocycles. The van der Waals surface area contributed by atoms with E-state index >= 15 is 0 Å². The summed E-state index contributed by atoms with van der Waals surface area (Å²) in [6, 6.07) is 59.9. The normalized spacial score (nSPS) is 12.1. The van der Waals surface area contributed by atoms with Crippen molar-refractivity contribution in [1.82, 2.24) is 15.0 Å². The molecule has 0 aliphatic carbocycles. The summed E-state index contributed by atoms with van der Waals surface area (Å²) in [4.78, 5) is 13.2. The average Bonchev–Trinajstić information content (AvgIpc) is 2.52. The van der Waals surface area contributed by atoms with Crippen LogP contribution in [0.1, 0.15) is 43.1 Å². The summed E-state index contributed by atoms with van der Waals surface area (Å²) < 4.78 is 49.3. The fraction of sp³-hybridized carbons (Fsp3) is 0.132. The Kier molecular flexibility index (Phi) is 13.1. The zero-order valence-corrected chi connectivity index (χ0v) is 49.1. The number of benzene rings is 6. The third kappa shape index (κ3) is 9.77. The Morgan fingerprint density at radius 1 is 0.329 bits per heavy atom. The number of fused-ring (bicyclic) bond motifs is 9. The molecule has 9 nitrogen and oxygen atoms in total. The molecule has 414 valence electrons. The van der Waals surface area contributed by atoms with E-state index in [4.69, 9.17) is 17.4 Å². The monoisotopic (exact) mass is 1110 g/mol. The van der Waals surface area contributed by atoms with E-state index in [0.717, 1.165) is 83.2 Å². The summed E-state index contributed by atoms with van der Waals surface area (Å²) in [6.07, 6.45) is 11.7. The van der Waals surface area contributed by atoms with Crippen LogP contribution >= 0.6 is 0 Å². The van der Waals surface area contributed by atoms with E-state index in [1.165, 1.54) is 50.1 Å². The highest BCUT2D eigenvalue weighted by atomic mass is 16.3. The van der Waals surface area contributed by atoms with E-state index in [1.54, 1.807) is 30.7 Å². The van der Waals surface area contributed by atoms with Gasteiger partial charge in [0.25, 0.3) is 0 Å². The molecule has 0 aliphatic rings. The zero-order chi connectivity index (χ0) is 61.1. The Hall–Kier alpha value is -10.4. The molecule has 0 N–H and O–H groups in total. The third-order valence-electron chi connectivity index (χ3n) is 16.4. The van der Waals surface area contributed by atoms with E-state index in [0.29, 0.717) is 39.1 Å². The topological polar surface area (TPSA) is 89.7 Å². The van der Waals surface area contributed by atoms with Gasteiger partial charge in [-0.3, -0.25) is 0 Å². The zero-order valence-electron chi connectivity index (χ0n) is 52.1. The highest BCUT2D eigenvalue weighted by Gasteiger charge is 2.27. The van der Waals surface area contributed by atoms with E-state index in [9.17, 15) is 0 Å². The molecule has 0 spiro atoms. The fourth-order valence-electron chi connectivity index (χ4n) is 12.3. The van der Waals surface area contributed by atoms with Crippen LogP contribution < -0.4 is 13.7 Å². The van der Waals surface area contributed by atoms with Gasteiger partial charge in [-0.05, 0) is 146 Å². The molecule has 0 radical (unpaired) electrons. The van der Waals surface area contributed by atoms with Crippen molar-refractivity contribution in [3.8, 4) is 67.2 Å². The van der Waals surface area contributed by atoms with Crippen molar-refractivity contribution in [2.24, 2.45) is 21.1 Å². The molecular weight excluding hydrogens is 1040 g/mol. The third-order valence-corrected chi connectivity index (χ3v) is 16.4. The predicted molar refractivity (Wildman–Crippen MR) is 344 cm³/mol. The minimum atomic E-state index is -2.26. The van der Waals surface area contributed by atoms with Gasteiger partial charge in [0.2, 0.25) is 34.2 Å². The van der Waals surface area contributed by atoms with Gasteiger partial charge in [0.15, 0.2) is 35.3 Å². The Bertz CT molecular complexity index is 5190. The van der Waals surface area contributed by atoms with Gasteiger partial charge < -0.3 is 13.3 Å². The lowest BCUT2D eigenvalue weighted by atomic mass is 9.95. The Morgan fingerprint density at radius 2 is 0.765 bits per heavy atom. The van der Waals surface area contributed by atoms with E-state index < -0.39 is 6.85 Å². The first-order valence-electron chi connectivity index (χ1n) is 30.1. The van der Waals surface area contributed by atoms with Gasteiger partial charge in [0, 0.05) is 89.9 Å². The Balaban J connectivity index is 0.000000122. The van der Waals surface area contributed by atoms with Crippen LogP contribution in [0.4, 0.5) is 0 Å². The molecular formula is C76H65N6O3+3. The molecule has 85 heavy (non-hydrogen) atoms. The van der Waals surface area contributed by atoms with Crippen LogP contribution in [0.15, 0.2) is 226 Å². The van der Waals surface area contributed by atoms with E-state index in [2.05, 4.69) is 217 Å². The summed E-state index contributed by atoms with van der Waals surface area (Å²) in [7, 11) is 6.19. The summed E-state index contributed by atoms with van der Waals surface area (Å²) in [6.45, 7) is 10.4. The number of aryl methyl sites for hydroxylation is 10. The van der Waals surface area contributed by atoms with Crippen molar-refractivity contribution in [3.63, 3.8) is 0 Å². The van der Waals surface area contributed by atoms with Crippen LogP contribution in [0.2, 0.25) is 0 Å². The van der Waals surface area contributed by atoms with E-state index in [1.807, 2.05) is 56.4 Å². The van der Waals surface area contributed by atoms with Gasteiger partial charge in [-0.15, -0.1) is 0 Å². The minimum absolute atomic E-state index is 0.291. The van der Waals surface area contributed by atoms with Gasteiger partial charge in [-0.1, -0.05) is 115 Å². The van der Waals surface area contributed by atoms with Gasteiger partial charge in [-0.2, -0.15) is 0 Å². The van der Waals surface area contributed by atoms with Crippen molar-refractivity contribution in [3.05, 3.63) is 252 Å². The molecule has 9 heteroatoms. The number of nitrogens with zero attached hydrogens (tertiary/aromatic N) is 6. The van der Waals surface area contributed by atoms with Crippen LogP contribution in [0.3, 0.4) is 0 Å². The SMILES string of the molecule is Cc1cc(-c2c(C)cc(C)c3c2oc2ncccc23)[n+](C)cc1-c1ccccc1.Cc1cc(-c2c(C)ccc3c2oc2ncccc23)[n+](C)cc1-c1ccccc1.[2H]C([2H])([2H])c1cc(C)c(-c2ccc(-c3ccccc3)c[n+]2C)c2oc3ncccc3c12. The number of pyridine rings is 6. The van der Waals surface area contributed by atoms with Gasteiger partial charge >= 0.3 is 0 Å². The van der Waals surface area contributed by atoms with E-state index in [-0.39, 0.29) is 0 Å². The van der Waals surface area contributed by atoms with Gasteiger partial charge in [-0.25, -0.2) is 28.7 Å². The first-order chi connectivity index (χ1) is 42.5. The predicted octanol–water partition coefficient (Wildman–Crippen LogP) is 17.6. The number of hydrogen-bond acceptors (Lipinski definition) is 6. The second-order valence-corrected chi connectivity index (χ2v) is 22.2. The molecule has 0 unspecified atom stereocenters. The molecule has 0 saturated heterocycles. The highest BCUT2D eigenvalue weighted by molar-refractivity contribution is 6.12. The Morgan fingerprint density at radius 3 is 1.28 bits per heavy atom. The van der Waals surface area contributed by atoms with Crippen molar-refractivity contribution in [1.29, 1.82) is 0 Å². The summed E-state index contributed by atoms with van der Waals surface area (Å²) in [5.41, 5.74) is 25.0. The first-order valence-corrected chi connectivity index (χ1v) is 28.6. The Labute approximate surface area is 498 Å². The molecule has 0 atom stereocenters. The summed E-state index contributed by atoms with van der Waals surface area (Å²) >= 11 is 0. The molecule has 0 amide bonds. The fourth-order valence-corrected chi connectivity index (χ4v) is 12.3. The molecule has 9 heterocycles. The van der Waals surface area contributed by atoms with Crippen molar-refractivity contribution >= 4 is 66.2 Å². The van der Waals surface area contributed by atoms with Crippen molar-refractivity contribution < 1.29 is 31.1 Å². The number of hydrogen-bond donors (Lipinski definition) is 0. The maximum Gasteiger partial charge on any atom is 0.227 e. The maximum atomic E-state index is 8.07. The standard InChI is InChI=1S/C26H23N2O.2C25H21N2O/c1-16-14-22(28(4)15-21(16)19-9-6-5-7-10-19)24-18(3)13-17(2)23-20-11-8-12-27-26(20)29-25(23)24;1-16-14-17(2)23(24-22(16)20-10-7-13-26-25(20)28-24)21-12-11-19(15-27(21)3)18-8-5-4-6-9-18;1-16-11-12-19-20-10-7-13-26-25(20)28-24(19)23(16)22-14-17(2)21(15-27(22)3)18-8-5-4-6-9-18/h5-15H,1-4H3;2*4-15H,1-3H3/q3*+1/i;1D3;. The lowest BCUT2D eigenvalue weighted by molar-refractivity contribution is -0.660. The highest BCUT2D eigenvalue weighted by Crippen LogP contribution is 2.42. The summed E-state index contributed by atoms with van der Waals surface area (Å²) in [5, 5.41) is 5.71.